The van der Waals surface area contributed by atoms with Gasteiger partial charge in [-0.15, -0.1) is 0 Å². The maximum absolute atomic E-state index is 12.4. The summed E-state index contributed by atoms with van der Waals surface area (Å²) in [6.07, 6.45) is -0.234. The van der Waals surface area contributed by atoms with Crippen LogP contribution in [0.5, 0.6) is 0 Å². The van der Waals surface area contributed by atoms with Gasteiger partial charge in [-0.25, -0.2) is 4.79 Å². The zero-order valence-electron chi connectivity index (χ0n) is 15.3. The topological polar surface area (TPSA) is 58.6 Å². The van der Waals surface area contributed by atoms with Crippen LogP contribution in [0.4, 0.5) is 4.79 Å². The Bertz CT molecular complexity index is 594. The number of benzene rings is 1. The van der Waals surface area contributed by atoms with Crippen molar-refractivity contribution in [2.45, 2.75) is 52.2 Å². The summed E-state index contributed by atoms with van der Waals surface area (Å²) in [6, 6.07) is 7.23. The highest BCUT2D eigenvalue weighted by molar-refractivity contribution is 6.30. The third-order valence-electron chi connectivity index (χ3n) is 3.14. The van der Waals surface area contributed by atoms with Crippen molar-refractivity contribution in [3.05, 3.63) is 34.9 Å². The standard InChI is InChI=1S/C18H27ClN2O3/c1-17(2,3)24-16(23)20-18(4,5)12-21(6)15(22)11-13-8-7-9-14(19)10-13/h7-10H,11-12H2,1-6H3,(H,20,23). The molecule has 0 spiro atoms. The SMILES string of the molecule is CN(CC(C)(C)NC(=O)OC(C)(C)C)C(=O)Cc1cccc(Cl)c1. The molecule has 0 unspecified atom stereocenters. The third kappa shape index (κ3) is 7.68. The van der Waals surface area contributed by atoms with E-state index in [-0.39, 0.29) is 12.3 Å². The molecule has 5 nitrogen and oxygen atoms in total. The number of carbonyl (C=O) groups is 2. The van der Waals surface area contributed by atoms with Crippen molar-refractivity contribution in [1.82, 2.24) is 10.2 Å². The van der Waals surface area contributed by atoms with Crippen LogP contribution in [0.3, 0.4) is 0 Å². The van der Waals surface area contributed by atoms with E-state index in [4.69, 9.17) is 16.3 Å². The van der Waals surface area contributed by atoms with E-state index in [1.54, 1.807) is 44.9 Å². The number of hydrogen-bond acceptors (Lipinski definition) is 3. The largest absolute Gasteiger partial charge is 0.444 e. The summed E-state index contributed by atoms with van der Waals surface area (Å²) in [5.41, 5.74) is -0.313. The number of alkyl carbamates (subject to hydrolysis) is 1. The maximum Gasteiger partial charge on any atom is 0.408 e. The van der Waals surface area contributed by atoms with Gasteiger partial charge in [-0.2, -0.15) is 0 Å². The van der Waals surface area contributed by atoms with E-state index in [0.717, 1.165) is 5.56 Å². The number of likely N-dealkylation sites (N-methyl/N-ethyl adjacent to an activating group) is 1. The number of halogens is 1. The van der Waals surface area contributed by atoms with Crippen molar-refractivity contribution >= 4 is 23.6 Å². The summed E-state index contributed by atoms with van der Waals surface area (Å²) in [4.78, 5) is 25.9. The molecule has 0 aromatic heterocycles. The fourth-order valence-electron chi connectivity index (χ4n) is 2.26. The first kappa shape index (κ1) is 20.3. The monoisotopic (exact) mass is 354 g/mol. The maximum atomic E-state index is 12.4. The highest BCUT2D eigenvalue weighted by Crippen LogP contribution is 2.13. The van der Waals surface area contributed by atoms with Crippen molar-refractivity contribution < 1.29 is 14.3 Å². The Morgan fingerprint density at radius 2 is 1.83 bits per heavy atom. The Morgan fingerprint density at radius 3 is 2.38 bits per heavy atom. The molecule has 1 N–H and O–H groups in total. The van der Waals surface area contributed by atoms with Crippen LogP contribution in [0.1, 0.15) is 40.2 Å². The minimum atomic E-state index is -0.610. The van der Waals surface area contributed by atoms with E-state index >= 15 is 0 Å². The van der Waals surface area contributed by atoms with Gasteiger partial charge < -0.3 is 15.0 Å². The highest BCUT2D eigenvalue weighted by Gasteiger charge is 2.27. The van der Waals surface area contributed by atoms with Gasteiger partial charge in [-0.05, 0) is 52.3 Å². The second-order valence-corrected chi connectivity index (χ2v) is 8.00. The van der Waals surface area contributed by atoms with Crippen LogP contribution in [-0.2, 0) is 16.0 Å². The predicted molar refractivity (Wildman–Crippen MR) is 96.2 cm³/mol. The summed E-state index contributed by atoms with van der Waals surface area (Å²) in [5.74, 6) is -0.0451. The second kappa shape index (κ2) is 7.88. The van der Waals surface area contributed by atoms with Gasteiger partial charge in [-0.3, -0.25) is 4.79 Å². The molecule has 0 aliphatic rings. The molecule has 0 heterocycles. The van der Waals surface area contributed by atoms with E-state index < -0.39 is 17.2 Å². The van der Waals surface area contributed by atoms with Gasteiger partial charge in [-0.1, -0.05) is 23.7 Å². The van der Waals surface area contributed by atoms with Crippen LogP contribution in [0.25, 0.3) is 0 Å². The molecule has 0 saturated heterocycles. The quantitative estimate of drug-likeness (QED) is 0.878. The molecule has 2 amide bonds. The zero-order valence-corrected chi connectivity index (χ0v) is 16.0. The zero-order chi connectivity index (χ0) is 18.5. The molecule has 0 radical (unpaired) electrons. The van der Waals surface area contributed by atoms with Crippen LogP contribution >= 0.6 is 11.6 Å². The number of rotatable bonds is 5. The lowest BCUT2D eigenvalue weighted by molar-refractivity contribution is -0.130. The third-order valence-corrected chi connectivity index (χ3v) is 3.38. The Kier molecular flexibility index (Phi) is 6.67. The first-order valence-corrected chi connectivity index (χ1v) is 8.25. The lowest BCUT2D eigenvalue weighted by Gasteiger charge is -2.32. The summed E-state index contributed by atoms with van der Waals surface area (Å²) in [6.45, 7) is 9.48. The van der Waals surface area contributed by atoms with E-state index in [1.807, 2.05) is 26.0 Å². The van der Waals surface area contributed by atoms with Crippen molar-refractivity contribution in [2.75, 3.05) is 13.6 Å². The lowest BCUT2D eigenvalue weighted by atomic mass is 10.0. The molecule has 1 aromatic rings. The molecule has 0 fully saturated rings. The molecule has 6 heteroatoms. The van der Waals surface area contributed by atoms with E-state index in [2.05, 4.69) is 5.32 Å². The molecule has 1 aromatic carbocycles. The Morgan fingerprint density at radius 1 is 1.21 bits per heavy atom. The number of hydrogen-bond donors (Lipinski definition) is 1. The van der Waals surface area contributed by atoms with Crippen LogP contribution in [0.15, 0.2) is 24.3 Å². The van der Waals surface area contributed by atoms with Gasteiger partial charge in [0, 0.05) is 18.6 Å². The van der Waals surface area contributed by atoms with Gasteiger partial charge in [0.2, 0.25) is 5.91 Å². The van der Waals surface area contributed by atoms with Gasteiger partial charge in [0.1, 0.15) is 5.60 Å². The van der Waals surface area contributed by atoms with E-state index in [0.29, 0.717) is 11.6 Å². The van der Waals surface area contributed by atoms with E-state index in [1.165, 1.54) is 0 Å². The number of ether oxygens (including phenoxy) is 1. The lowest BCUT2D eigenvalue weighted by Crippen LogP contribution is -2.53. The van der Waals surface area contributed by atoms with Crippen molar-refractivity contribution in [3.8, 4) is 0 Å². The first-order valence-electron chi connectivity index (χ1n) is 7.87. The second-order valence-electron chi connectivity index (χ2n) is 7.57. The van der Waals surface area contributed by atoms with Crippen molar-refractivity contribution in [2.24, 2.45) is 0 Å². The molecule has 0 aliphatic heterocycles. The fraction of sp³-hybridized carbons (Fsp3) is 0.556. The fourth-order valence-corrected chi connectivity index (χ4v) is 2.47. The Balaban J connectivity index is 2.59. The molecule has 0 atom stereocenters. The van der Waals surface area contributed by atoms with Crippen LogP contribution in [-0.4, -0.2) is 41.6 Å². The van der Waals surface area contributed by atoms with Gasteiger partial charge >= 0.3 is 6.09 Å². The first-order chi connectivity index (χ1) is 10.9. The van der Waals surface area contributed by atoms with Gasteiger partial charge in [0.05, 0.1) is 12.0 Å². The average Bonchev–Trinajstić information content (AvgIpc) is 2.34. The van der Waals surface area contributed by atoms with Crippen LogP contribution in [0.2, 0.25) is 5.02 Å². The molecule has 134 valence electrons. The summed E-state index contributed by atoms with van der Waals surface area (Å²) >= 11 is 5.94. The smallest absolute Gasteiger partial charge is 0.408 e. The number of amides is 2. The molecule has 0 saturated carbocycles. The molecule has 1 rings (SSSR count). The van der Waals surface area contributed by atoms with Gasteiger partial charge in [0.25, 0.3) is 0 Å². The van der Waals surface area contributed by atoms with Gasteiger partial charge in [0.15, 0.2) is 0 Å². The number of nitrogens with one attached hydrogen (secondary N) is 1. The normalized spacial score (nSPS) is 11.8. The summed E-state index contributed by atoms with van der Waals surface area (Å²) in [7, 11) is 1.71. The van der Waals surface area contributed by atoms with Crippen molar-refractivity contribution in [3.63, 3.8) is 0 Å². The molecular formula is C18H27ClN2O3. The highest BCUT2D eigenvalue weighted by atomic mass is 35.5. The number of carbonyl (C=O) groups excluding carboxylic acids is 2. The number of nitrogens with zero attached hydrogens (tertiary/aromatic N) is 1. The minimum absolute atomic E-state index is 0.0451. The van der Waals surface area contributed by atoms with Crippen molar-refractivity contribution in [1.29, 1.82) is 0 Å². The van der Waals surface area contributed by atoms with Crippen LogP contribution < -0.4 is 5.32 Å². The average molecular weight is 355 g/mol. The molecular weight excluding hydrogens is 328 g/mol. The molecule has 0 bridgehead atoms. The molecule has 24 heavy (non-hydrogen) atoms. The Labute approximate surface area is 149 Å². The van der Waals surface area contributed by atoms with Crippen LogP contribution in [0, 0.1) is 0 Å². The molecule has 0 aliphatic carbocycles. The minimum Gasteiger partial charge on any atom is -0.444 e. The predicted octanol–water partition coefficient (Wildman–Crippen LogP) is 3.64. The Hall–Kier alpha value is -1.75. The van der Waals surface area contributed by atoms with E-state index in [9.17, 15) is 9.59 Å². The summed E-state index contributed by atoms with van der Waals surface area (Å²) < 4.78 is 5.26. The summed E-state index contributed by atoms with van der Waals surface area (Å²) in [5, 5.41) is 3.40.